The number of carbonyl (C=O) groups excluding carboxylic acids is 3. The van der Waals surface area contributed by atoms with Crippen molar-refractivity contribution in [3.8, 4) is 0 Å². The van der Waals surface area contributed by atoms with Gasteiger partial charge in [0.1, 0.15) is 12.1 Å². The third kappa shape index (κ3) is 3.91. The molecule has 1 saturated heterocycles. The fourth-order valence-corrected chi connectivity index (χ4v) is 3.18. The van der Waals surface area contributed by atoms with Gasteiger partial charge >= 0.3 is 6.03 Å². The SMILES string of the molecule is C[C@]1(c2ccc(Cl)cc2)NC(=O)N(CC(=O)NCc2ccccc2Cl)C1=O. The Kier molecular flexibility index (Phi) is 5.39. The quantitative estimate of drug-likeness (QED) is 0.750. The molecule has 0 aromatic heterocycles. The largest absolute Gasteiger partial charge is 0.350 e. The fourth-order valence-electron chi connectivity index (χ4n) is 2.85. The summed E-state index contributed by atoms with van der Waals surface area (Å²) in [5, 5.41) is 6.37. The van der Waals surface area contributed by atoms with Crippen molar-refractivity contribution in [1.29, 1.82) is 0 Å². The Labute approximate surface area is 166 Å². The summed E-state index contributed by atoms with van der Waals surface area (Å²) in [7, 11) is 0. The van der Waals surface area contributed by atoms with Gasteiger partial charge in [-0.2, -0.15) is 0 Å². The summed E-state index contributed by atoms with van der Waals surface area (Å²) in [6.07, 6.45) is 0. The molecule has 2 aromatic carbocycles. The van der Waals surface area contributed by atoms with E-state index in [1.807, 2.05) is 6.07 Å². The summed E-state index contributed by atoms with van der Waals surface area (Å²) >= 11 is 11.9. The van der Waals surface area contributed by atoms with Gasteiger partial charge in [-0.1, -0.05) is 53.5 Å². The molecule has 0 aliphatic carbocycles. The standard InChI is InChI=1S/C19H17Cl2N3O3/c1-19(13-6-8-14(20)9-7-13)17(26)24(18(27)23-19)11-16(25)22-10-12-4-2-3-5-15(12)21/h2-9H,10-11H2,1H3,(H,22,25)(H,23,27)/t19-/m1/s1. The van der Waals surface area contributed by atoms with E-state index in [0.29, 0.717) is 15.6 Å². The number of nitrogens with zero attached hydrogens (tertiary/aromatic N) is 1. The Balaban J connectivity index is 1.67. The van der Waals surface area contributed by atoms with Crippen LogP contribution in [0.4, 0.5) is 4.79 Å². The lowest BCUT2D eigenvalue weighted by Crippen LogP contribution is -2.43. The Morgan fingerprint density at radius 3 is 2.44 bits per heavy atom. The van der Waals surface area contributed by atoms with Crippen LogP contribution in [0.3, 0.4) is 0 Å². The van der Waals surface area contributed by atoms with Gasteiger partial charge in [0.15, 0.2) is 0 Å². The Morgan fingerprint density at radius 2 is 1.78 bits per heavy atom. The van der Waals surface area contributed by atoms with Gasteiger partial charge in [0.05, 0.1) is 0 Å². The summed E-state index contributed by atoms with van der Waals surface area (Å²) in [6.45, 7) is 1.42. The molecular formula is C19H17Cl2N3O3. The van der Waals surface area contributed by atoms with Crippen molar-refractivity contribution in [3.05, 3.63) is 69.7 Å². The molecule has 27 heavy (non-hydrogen) atoms. The average Bonchev–Trinajstić information content (AvgIpc) is 2.85. The molecule has 1 atom stereocenters. The minimum absolute atomic E-state index is 0.205. The zero-order chi connectivity index (χ0) is 19.6. The molecule has 1 heterocycles. The van der Waals surface area contributed by atoms with Gasteiger partial charge in [0, 0.05) is 16.6 Å². The first-order valence-corrected chi connectivity index (χ1v) is 8.97. The van der Waals surface area contributed by atoms with E-state index in [1.54, 1.807) is 49.4 Å². The minimum atomic E-state index is -1.25. The Morgan fingerprint density at radius 1 is 1.11 bits per heavy atom. The highest BCUT2D eigenvalue weighted by Crippen LogP contribution is 2.29. The molecule has 0 bridgehead atoms. The molecule has 4 amide bonds. The molecule has 8 heteroatoms. The van der Waals surface area contributed by atoms with Crippen molar-refractivity contribution in [1.82, 2.24) is 15.5 Å². The van der Waals surface area contributed by atoms with Crippen LogP contribution in [-0.2, 0) is 21.7 Å². The van der Waals surface area contributed by atoms with Crippen LogP contribution in [0.5, 0.6) is 0 Å². The van der Waals surface area contributed by atoms with Crippen molar-refractivity contribution in [2.24, 2.45) is 0 Å². The molecule has 2 aromatic rings. The summed E-state index contributed by atoms with van der Waals surface area (Å²) in [4.78, 5) is 38.2. The van der Waals surface area contributed by atoms with Gasteiger partial charge in [-0.3, -0.25) is 14.5 Å². The van der Waals surface area contributed by atoms with Crippen LogP contribution >= 0.6 is 23.2 Å². The number of imide groups is 1. The third-order valence-corrected chi connectivity index (χ3v) is 5.05. The molecule has 3 rings (SSSR count). The number of hydrogen-bond acceptors (Lipinski definition) is 3. The molecule has 6 nitrogen and oxygen atoms in total. The van der Waals surface area contributed by atoms with Crippen molar-refractivity contribution in [2.45, 2.75) is 19.0 Å². The zero-order valence-corrected chi connectivity index (χ0v) is 16.0. The summed E-state index contributed by atoms with van der Waals surface area (Å²) in [5.41, 5.74) is 0.0879. The lowest BCUT2D eigenvalue weighted by atomic mass is 9.92. The smallest absolute Gasteiger partial charge is 0.325 e. The van der Waals surface area contributed by atoms with Crippen molar-refractivity contribution >= 4 is 41.0 Å². The van der Waals surface area contributed by atoms with Gasteiger partial charge in [-0.05, 0) is 36.2 Å². The number of benzene rings is 2. The number of halogens is 2. The van der Waals surface area contributed by atoms with Crippen molar-refractivity contribution in [2.75, 3.05) is 6.54 Å². The lowest BCUT2D eigenvalue weighted by molar-refractivity contribution is -0.134. The monoisotopic (exact) mass is 405 g/mol. The normalized spacial score (nSPS) is 19.1. The topological polar surface area (TPSA) is 78.5 Å². The molecule has 0 saturated carbocycles. The van der Waals surface area contributed by atoms with Crippen molar-refractivity contribution in [3.63, 3.8) is 0 Å². The maximum atomic E-state index is 12.8. The van der Waals surface area contributed by atoms with Gasteiger partial charge in [0.2, 0.25) is 5.91 Å². The number of hydrogen-bond donors (Lipinski definition) is 2. The summed E-state index contributed by atoms with van der Waals surface area (Å²) in [6, 6.07) is 13.1. The van der Waals surface area contributed by atoms with E-state index >= 15 is 0 Å². The summed E-state index contributed by atoms with van der Waals surface area (Å²) < 4.78 is 0. The van der Waals surface area contributed by atoms with E-state index in [-0.39, 0.29) is 13.1 Å². The summed E-state index contributed by atoms with van der Waals surface area (Å²) in [5.74, 6) is -0.957. The minimum Gasteiger partial charge on any atom is -0.350 e. The molecule has 0 radical (unpaired) electrons. The van der Waals surface area contributed by atoms with Crippen LogP contribution < -0.4 is 10.6 Å². The fraction of sp³-hybridized carbons (Fsp3) is 0.211. The average molecular weight is 406 g/mol. The Hall–Kier alpha value is -2.57. The predicted molar refractivity (Wildman–Crippen MR) is 102 cm³/mol. The molecular weight excluding hydrogens is 389 g/mol. The predicted octanol–water partition coefficient (Wildman–Crippen LogP) is 3.08. The molecule has 1 aliphatic rings. The first-order chi connectivity index (χ1) is 12.8. The van der Waals surface area contributed by atoms with E-state index in [4.69, 9.17) is 23.2 Å². The molecule has 140 valence electrons. The van der Waals surface area contributed by atoms with Gasteiger partial charge in [-0.15, -0.1) is 0 Å². The van der Waals surface area contributed by atoms with E-state index in [9.17, 15) is 14.4 Å². The number of amides is 4. The molecule has 0 spiro atoms. The van der Waals surface area contributed by atoms with Crippen LogP contribution in [0.1, 0.15) is 18.1 Å². The maximum absolute atomic E-state index is 12.8. The van der Waals surface area contributed by atoms with Gasteiger partial charge in [0.25, 0.3) is 5.91 Å². The van der Waals surface area contributed by atoms with E-state index < -0.39 is 23.4 Å². The molecule has 2 N–H and O–H groups in total. The van der Waals surface area contributed by atoms with Crippen LogP contribution in [0.15, 0.2) is 48.5 Å². The zero-order valence-electron chi connectivity index (χ0n) is 14.5. The van der Waals surface area contributed by atoms with Crippen LogP contribution in [0.25, 0.3) is 0 Å². The number of nitrogens with one attached hydrogen (secondary N) is 2. The molecule has 0 unspecified atom stereocenters. The molecule has 1 fully saturated rings. The van der Waals surface area contributed by atoms with Gasteiger partial charge in [-0.25, -0.2) is 4.79 Å². The lowest BCUT2D eigenvalue weighted by Gasteiger charge is -2.22. The van der Waals surface area contributed by atoms with Crippen molar-refractivity contribution < 1.29 is 14.4 Å². The number of urea groups is 1. The first-order valence-electron chi connectivity index (χ1n) is 8.21. The highest BCUT2D eigenvalue weighted by atomic mass is 35.5. The third-order valence-electron chi connectivity index (χ3n) is 4.43. The van der Waals surface area contributed by atoms with Crippen LogP contribution in [0.2, 0.25) is 10.0 Å². The first kappa shape index (κ1) is 19.2. The van der Waals surface area contributed by atoms with Crippen LogP contribution in [0, 0.1) is 0 Å². The highest BCUT2D eigenvalue weighted by molar-refractivity contribution is 6.31. The highest BCUT2D eigenvalue weighted by Gasteiger charge is 2.49. The van der Waals surface area contributed by atoms with E-state index in [0.717, 1.165) is 10.5 Å². The molecule has 1 aliphatic heterocycles. The second-order valence-corrected chi connectivity index (χ2v) is 7.17. The maximum Gasteiger partial charge on any atom is 0.325 e. The van der Waals surface area contributed by atoms with Gasteiger partial charge < -0.3 is 10.6 Å². The second-order valence-electron chi connectivity index (χ2n) is 6.32. The second kappa shape index (κ2) is 7.58. The number of rotatable bonds is 5. The van der Waals surface area contributed by atoms with Crippen LogP contribution in [-0.4, -0.2) is 29.3 Å². The van der Waals surface area contributed by atoms with E-state index in [2.05, 4.69) is 10.6 Å². The number of carbonyl (C=O) groups is 3. The van der Waals surface area contributed by atoms with E-state index in [1.165, 1.54) is 0 Å². The Bertz CT molecular complexity index is 901.